The monoisotopic (exact) mass is 374 g/mol. The van der Waals surface area contributed by atoms with Crippen LogP contribution < -0.4 is 5.46 Å². The summed E-state index contributed by atoms with van der Waals surface area (Å²) in [6, 6.07) is 4.06. The van der Waals surface area contributed by atoms with Crippen molar-refractivity contribution in [2.24, 2.45) is 0 Å². The number of hydrogen-bond donors (Lipinski definition) is 0. The summed E-state index contributed by atoms with van der Waals surface area (Å²) in [6.07, 6.45) is 0. The van der Waals surface area contributed by atoms with Gasteiger partial charge in [-0.1, -0.05) is 37.9 Å². The van der Waals surface area contributed by atoms with Crippen LogP contribution in [-0.4, -0.2) is 18.3 Å². The molecule has 18 heavy (non-hydrogen) atoms. The molecule has 2 nitrogen and oxygen atoms in total. The first-order chi connectivity index (χ1) is 8.16. The lowest BCUT2D eigenvalue weighted by molar-refractivity contribution is 0.00578. The van der Waals surface area contributed by atoms with Crippen molar-refractivity contribution in [1.29, 1.82) is 0 Å². The van der Waals surface area contributed by atoms with Crippen molar-refractivity contribution >= 4 is 44.4 Å². The molecule has 0 amide bonds. The highest BCUT2D eigenvalue weighted by Gasteiger charge is 2.52. The molecule has 98 valence electrons. The van der Waals surface area contributed by atoms with Gasteiger partial charge < -0.3 is 9.31 Å². The van der Waals surface area contributed by atoms with Gasteiger partial charge in [0.25, 0.3) is 0 Å². The molecule has 0 aromatic heterocycles. The van der Waals surface area contributed by atoms with Crippen LogP contribution in [0.5, 0.6) is 0 Å². The van der Waals surface area contributed by atoms with E-state index in [2.05, 4.69) is 66.5 Å². The molecule has 0 N–H and O–H groups in total. The maximum absolute atomic E-state index is 6.06. The minimum absolute atomic E-state index is 0.307. The summed E-state index contributed by atoms with van der Waals surface area (Å²) in [6.45, 7) is 10.3. The smallest absolute Gasteiger partial charge is 0.399 e. The van der Waals surface area contributed by atoms with Crippen LogP contribution in [0.1, 0.15) is 33.3 Å². The van der Waals surface area contributed by atoms with Crippen molar-refractivity contribution < 1.29 is 9.31 Å². The molecule has 2 rings (SSSR count). The molecular formula is C13H17BBr2O2. The first kappa shape index (κ1) is 14.6. The van der Waals surface area contributed by atoms with E-state index in [4.69, 9.17) is 9.31 Å². The molecule has 5 heteroatoms. The van der Waals surface area contributed by atoms with E-state index in [1.807, 2.05) is 12.1 Å². The lowest BCUT2D eigenvalue weighted by Crippen LogP contribution is -2.41. The number of benzene rings is 1. The van der Waals surface area contributed by atoms with Crippen LogP contribution in [0.15, 0.2) is 21.1 Å². The van der Waals surface area contributed by atoms with Gasteiger partial charge in [-0.05, 0) is 51.7 Å². The Bertz CT molecular complexity index is 470. The third kappa shape index (κ3) is 2.30. The van der Waals surface area contributed by atoms with Gasteiger partial charge in [0.15, 0.2) is 0 Å². The van der Waals surface area contributed by atoms with E-state index in [9.17, 15) is 0 Å². The van der Waals surface area contributed by atoms with Crippen LogP contribution in [0, 0.1) is 6.92 Å². The maximum atomic E-state index is 6.06. The molecule has 0 saturated carbocycles. The third-order valence-corrected chi connectivity index (χ3v) is 5.77. The molecule has 0 unspecified atom stereocenters. The van der Waals surface area contributed by atoms with Crippen LogP contribution in [0.4, 0.5) is 0 Å². The van der Waals surface area contributed by atoms with E-state index in [0.29, 0.717) is 0 Å². The molecule has 0 bridgehead atoms. The molecule has 1 aromatic carbocycles. The van der Waals surface area contributed by atoms with Crippen molar-refractivity contribution in [2.45, 2.75) is 45.8 Å². The highest BCUT2D eigenvalue weighted by atomic mass is 79.9. The molecular weight excluding hydrogens is 359 g/mol. The second-order valence-electron chi connectivity index (χ2n) is 5.66. The second kappa shape index (κ2) is 4.62. The van der Waals surface area contributed by atoms with Gasteiger partial charge in [-0.2, -0.15) is 0 Å². The summed E-state index contributed by atoms with van der Waals surface area (Å²) in [7, 11) is -0.323. The first-order valence-electron chi connectivity index (χ1n) is 5.96. The lowest BCUT2D eigenvalue weighted by atomic mass is 9.78. The SMILES string of the molecule is Cc1c(Br)ccc(B2OC(C)(C)C(C)(C)O2)c1Br. The minimum atomic E-state index is -0.323. The Hall–Kier alpha value is 0.165. The summed E-state index contributed by atoms with van der Waals surface area (Å²) < 4.78 is 14.2. The van der Waals surface area contributed by atoms with Crippen molar-refractivity contribution in [3.63, 3.8) is 0 Å². The van der Waals surface area contributed by atoms with Crippen LogP contribution in [0.25, 0.3) is 0 Å². The highest BCUT2D eigenvalue weighted by Crippen LogP contribution is 2.37. The van der Waals surface area contributed by atoms with E-state index in [-0.39, 0.29) is 18.3 Å². The Labute approximate surface area is 126 Å². The average Bonchev–Trinajstić information content (AvgIpc) is 2.45. The van der Waals surface area contributed by atoms with Crippen LogP contribution in [0.3, 0.4) is 0 Å². The summed E-state index contributed by atoms with van der Waals surface area (Å²) in [5.41, 5.74) is 1.58. The molecule has 1 aromatic rings. The number of hydrogen-bond acceptors (Lipinski definition) is 2. The molecule has 0 radical (unpaired) electrons. The van der Waals surface area contributed by atoms with Gasteiger partial charge in [0.1, 0.15) is 0 Å². The molecule has 1 saturated heterocycles. The first-order valence-corrected chi connectivity index (χ1v) is 7.54. The summed E-state index contributed by atoms with van der Waals surface area (Å²) in [5, 5.41) is 0. The van der Waals surface area contributed by atoms with Gasteiger partial charge in [-0.3, -0.25) is 0 Å². The minimum Gasteiger partial charge on any atom is -0.399 e. The van der Waals surface area contributed by atoms with E-state index in [1.165, 1.54) is 0 Å². The number of rotatable bonds is 1. The van der Waals surface area contributed by atoms with E-state index in [0.717, 1.165) is 20.0 Å². The topological polar surface area (TPSA) is 18.5 Å². The van der Waals surface area contributed by atoms with Crippen LogP contribution in [-0.2, 0) is 9.31 Å². The third-order valence-electron chi connectivity index (χ3n) is 3.86. The van der Waals surface area contributed by atoms with E-state index in [1.54, 1.807) is 0 Å². The van der Waals surface area contributed by atoms with Crippen LogP contribution in [0.2, 0.25) is 0 Å². The van der Waals surface area contributed by atoms with Gasteiger partial charge in [-0.25, -0.2) is 0 Å². The zero-order valence-corrected chi connectivity index (χ0v) is 14.5. The largest absolute Gasteiger partial charge is 0.496 e. The van der Waals surface area contributed by atoms with E-state index < -0.39 is 0 Å². The van der Waals surface area contributed by atoms with Gasteiger partial charge in [0.05, 0.1) is 11.2 Å². The van der Waals surface area contributed by atoms with Gasteiger partial charge in [0.2, 0.25) is 0 Å². The van der Waals surface area contributed by atoms with Gasteiger partial charge in [-0.15, -0.1) is 0 Å². The summed E-state index contributed by atoms with van der Waals surface area (Å²) in [5.74, 6) is 0. The predicted octanol–water partition coefficient (Wildman–Crippen LogP) is 3.82. The normalized spacial score (nSPS) is 21.4. The highest BCUT2D eigenvalue weighted by molar-refractivity contribution is 9.11. The maximum Gasteiger partial charge on any atom is 0.496 e. The number of halogens is 2. The molecule has 1 heterocycles. The Morgan fingerprint density at radius 3 is 2.00 bits per heavy atom. The Morgan fingerprint density at radius 2 is 1.50 bits per heavy atom. The molecule has 1 fully saturated rings. The molecule has 0 atom stereocenters. The summed E-state index contributed by atoms with van der Waals surface area (Å²) >= 11 is 7.15. The summed E-state index contributed by atoms with van der Waals surface area (Å²) in [4.78, 5) is 0. The van der Waals surface area contributed by atoms with Crippen molar-refractivity contribution in [1.82, 2.24) is 0 Å². The lowest BCUT2D eigenvalue weighted by Gasteiger charge is -2.32. The van der Waals surface area contributed by atoms with Crippen molar-refractivity contribution in [3.8, 4) is 0 Å². The van der Waals surface area contributed by atoms with Gasteiger partial charge >= 0.3 is 7.12 Å². The van der Waals surface area contributed by atoms with Gasteiger partial charge in [0, 0.05) is 8.95 Å². The zero-order valence-electron chi connectivity index (χ0n) is 11.3. The van der Waals surface area contributed by atoms with Crippen molar-refractivity contribution in [3.05, 3.63) is 26.6 Å². The van der Waals surface area contributed by atoms with Crippen molar-refractivity contribution in [2.75, 3.05) is 0 Å². The molecule has 1 aliphatic heterocycles. The molecule has 0 aliphatic carbocycles. The fourth-order valence-electron chi connectivity index (χ4n) is 1.83. The fourth-order valence-corrected chi connectivity index (χ4v) is 2.96. The Kier molecular flexibility index (Phi) is 3.74. The zero-order chi connectivity index (χ0) is 13.7. The Morgan fingerprint density at radius 1 is 1.00 bits per heavy atom. The standard InChI is InChI=1S/C13H17BBr2O2/c1-8-10(15)7-6-9(11(8)16)14-17-12(2,3)13(4,5)18-14/h6-7H,1-5H3. The quantitative estimate of drug-likeness (QED) is 0.695. The second-order valence-corrected chi connectivity index (χ2v) is 7.31. The Balaban J connectivity index is 2.39. The fraction of sp³-hybridized carbons (Fsp3) is 0.538. The molecule has 0 spiro atoms. The predicted molar refractivity (Wildman–Crippen MR) is 82.3 cm³/mol. The average molecular weight is 376 g/mol. The van der Waals surface area contributed by atoms with Crippen LogP contribution >= 0.6 is 31.9 Å². The van der Waals surface area contributed by atoms with E-state index >= 15 is 0 Å². The molecule has 1 aliphatic rings.